The molecule has 1 rings (SSSR count). The Bertz CT molecular complexity index is 286. The van der Waals surface area contributed by atoms with Crippen molar-refractivity contribution in [3.05, 3.63) is 35.1 Å². The minimum absolute atomic E-state index is 0.145. The molecule has 0 heterocycles. The minimum Gasteiger partial charge on any atom is -0.207 e. The predicted octanol–water partition coefficient (Wildman–Crippen LogP) is 2.23. The fourth-order valence-corrected chi connectivity index (χ4v) is 1.17. The van der Waals surface area contributed by atoms with Crippen LogP contribution in [0.4, 0.5) is 13.2 Å². The highest BCUT2D eigenvalue weighted by Crippen LogP contribution is 2.16. The van der Waals surface area contributed by atoms with E-state index in [0.29, 0.717) is 6.04 Å². The molecule has 0 bridgehead atoms. The number of rotatable bonds is 2. The lowest BCUT2D eigenvalue weighted by Gasteiger charge is -2.02. The van der Waals surface area contributed by atoms with Crippen LogP contribution in [0.2, 0.25) is 6.04 Å². The van der Waals surface area contributed by atoms with Crippen LogP contribution in [0, 0.1) is 17.5 Å². The van der Waals surface area contributed by atoms with Crippen LogP contribution in [-0.2, 0) is 6.42 Å². The van der Waals surface area contributed by atoms with Crippen molar-refractivity contribution in [3.8, 4) is 0 Å². The molecular formula is C8H6F3Si. The van der Waals surface area contributed by atoms with Crippen LogP contribution < -0.4 is 0 Å². The molecule has 0 amide bonds. The van der Waals surface area contributed by atoms with Gasteiger partial charge in [0, 0.05) is 15.8 Å². The molecule has 0 aliphatic carbocycles. The molecular weight excluding hydrogens is 181 g/mol. The first-order valence-corrected chi connectivity index (χ1v) is 4.14. The Morgan fingerprint density at radius 3 is 2.25 bits per heavy atom. The van der Waals surface area contributed by atoms with E-state index in [2.05, 4.69) is 10.2 Å². The number of hydrogen-bond acceptors (Lipinski definition) is 0. The molecule has 1 aromatic carbocycles. The molecule has 0 N–H and O–H groups in total. The molecule has 0 aromatic heterocycles. The van der Waals surface area contributed by atoms with E-state index in [1.807, 2.05) is 0 Å². The Labute approximate surface area is 71.8 Å². The van der Waals surface area contributed by atoms with Crippen molar-refractivity contribution < 1.29 is 13.2 Å². The van der Waals surface area contributed by atoms with Gasteiger partial charge in [0.05, 0.1) is 0 Å². The van der Waals surface area contributed by atoms with Crippen molar-refractivity contribution in [1.82, 2.24) is 0 Å². The van der Waals surface area contributed by atoms with Gasteiger partial charge in [-0.1, -0.05) is 6.04 Å². The molecule has 0 unspecified atom stereocenters. The van der Waals surface area contributed by atoms with Crippen LogP contribution in [0.25, 0.3) is 0 Å². The van der Waals surface area contributed by atoms with Gasteiger partial charge in [-0.3, -0.25) is 0 Å². The first-order chi connectivity index (χ1) is 5.66. The van der Waals surface area contributed by atoms with E-state index in [1.165, 1.54) is 0 Å². The van der Waals surface area contributed by atoms with Crippen molar-refractivity contribution in [3.63, 3.8) is 0 Å². The molecule has 3 radical (unpaired) electrons. The van der Waals surface area contributed by atoms with E-state index in [0.717, 1.165) is 12.1 Å². The molecule has 63 valence electrons. The number of hydrogen-bond donors (Lipinski definition) is 0. The smallest absolute Gasteiger partial charge is 0.164 e. The van der Waals surface area contributed by atoms with Crippen LogP contribution >= 0.6 is 0 Å². The zero-order valence-electron chi connectivity index (χ0n) is 6.20. The van der Waals surface area contributed by atoms with Crippen molar-refractivity contribution in [2.45, 2.75) is 12.5 Å². The summed E-state index contributed by atoms with van der Waals surface area (Å²) < 4.78 is 38.1. The van der Waals surface area contributed by atoms with Gasteiger partial charge in [0.15, 0.2) is 11.6 Å². The van der Waals surface area contributed by atoms with E-state index in [4.69, 9.17) is 0 Å². The van der Waals surface area contributed by atoms with E-state index < -0.39 is 17.5 Å². The third-order valence-corrected chi connectivity index (χ3v) is 1.76. The molecule has 0 spiro atoms. The minimum atomic E-state index is -1.09. The second kappa shape index (κ2) is 3.76. The SMILES string of the molecule is Fc1ccc(F)c(CC[Si])c1F. The predicted molar refractivity (Wildman–Crippen MR) is 40.6 cm³/mol. The first kappa shape index (κ1) is 9.32. The average Bonchev–Trinajstić information content (AvgIpc) is 2.06. The maximum Gasteiger partial charge on any atom is 0.164 e. The maximum absolute atomic E-state index is 12.8. The summed E-state index contributed by atoms with van der Waals surface area (Å²) in [6.07, 6.45) is 0.145. The summed E-state index contributed by atoms with van der Waals surface area (Å²) in [5.74, 6) is -2.80. The third kappa shape index (κ3) is 1.69. The summed E-state index contributed by atoms with van der Waals surface area (Å²) >= 11 is 0. The lowest BCUT2D eigenvalue weighted by Crippen LogP contribution is -1.98. The van der Waals surface area contributed by atoms with E-state index in [1.54, 1.807) is 0 Å². The van der Waals surface area contributed by atoms with Gasteiger partial charge in [-0.2, -0.15) is 0 Å². The summed E-state index contributed by atoms with van der Waals surface area (Å²) in [6, 6.07) is 2.11. The lowest BCUT2D eigenvalue weighted by atomic mass is 10.1. The Morgan fingerprint density at radius 1 is 1.08 bits per heavy atom. The molecule has 0 saturated heterocycles. The largest absolute Gasteiger partial charge is 0.207 e. The fourth-order valence-electron chi connectivity index (χ4n) is 0.923. The highest BCUT2D eigenvalue weighted by atomic mass is 28.1. The highest BCUT2D eigenvalue weighted by Gasteiger charge is 2.11. The monoisotopic (exact) mass is 187 g/mol. The summed E-state index contributed by atoms with van der Waals surface area (Å²) in [5.41, 5.74) is -0.204. The van der Waals surface area contributed by atoms with Gasteiger partial charge in [0.1, 0.15) is 5.82 Å². The van der Waals surface area contributed by atoms with Gasteiger partial charge in [0.25, 0.3) is 0 Å². The molecule has 0 fully saturated rings. The van der Waals surface area contributed by atoms with Crippen LogP contribution in [0.15, 0.2) is 12.1 Å². The average molecular weight is 187 g/mol. The van der Waals surface area contributed by atoms with E-state index in [-0.39, 0.29) is 12.0 Å². The molecule has 12 heavy (non-hydrogen) atoms. The Balaban J connectivity index is 3.14. The van der Waals surface area contributed by atoms with Gasteiger partial charge in [-0.25, -0.2) is 13.2 Å². The standard InChI is InChI=1S/C8H6F3Si/c9-6-1-2-7(10)8(11)5(6)3-4-12/h1-2H,3-4H2. The van der Waals surface area contributed by atoms with Gasteiger partial charge >= 0.3 is 0 Å². The zero-order valence-corrected chi connectivity index (χ0v) is 7.20. The van der Waals surface area contributed by atoms with E-state index in [9.17, 15) is 13.2 Å². The van der Waals surface area contributed by atoms with Crippen LogP contribution in [0.5, 0.6) is 0 Å². The summed E-state index contributed by atoms with van der Waals surface area (Å²) in [7, 11) is 3.07. The zero-order chi connectivity index (χ0) is 9.14. The van der Waals surface area contributed by atoms with Crippen LogP contribution in [0.1, 0.15) is 5.56 Å². The molecule has 0 saturated carbocycles. The van der Waals surface area contributed by atoms with Crippen LogP contribution in [0.3, 0.4) is 0 Å². The summed E-state index contributed by atoms with van der Waals surface area (Å²) in [5, 5.41) is 0. The number of halogens is 3. The lowest BCUT2D eigenvalue weighted by molar-refractivity contribution is 0.481. The fraction of sp³-hybridized carbons (Fsp3) is 0.250. The Hall–Kier alpha value is -0.773. The summed E-state index contributed by atoms with van der Waals surface area (Å²) in [6.45, 7) is 0. The second-order valence-electron chi connectivity index (χ2n) is 2.32. The van der Waals surface area contributed by atoms with Crippen molar-refractivity contribution in [2.75, 3.05) is 0 Å². The molecule has 0 aliphatic rings. The Kier molecular flexibility index (Phi) is 2.92. The normalized spacial score (nSPS) is 10.3. The molecule has 0 nitrogen and oxygen atoms in total. The molecule has 1 aromatic rings. The molecule has 0 aliphatic heterocycles. The van der Waals surface area contributed by atoms with Crippen molar-refractivity contribution in [2.24, 2.45) is 0 Å². The molecule has 4 heteroatoms. The van der Waals surface area contributed by atoms with Crippen molar-refractivity contribution in [1.29, 1.82) is 0 Å². The number of benzene rings is 1. The van der Waals surface area contributed by atoms with Gasteiger partial charge in [-0.15, -0.1) is 0 Å². The quantitative estimate of drug-likeness (QED) is 0.492. The van der Waals surface area contributed by atoms with Crippen molar-refractivity contribution >= 4 is 10.2 Å². The molecule has 0 atom stereocenters. The second-order valence-corrected chi connectivity index (χ2v) is 2.82. The third-order valence-electron chi connectivity index (χ3n) is 1.51. The van der Waals surface area contributed by atoms with Gasteiger partial charge in [-0.05, 0) is 18.6 Å². The maximum atomic E-state index is 12.8. The van der Waals surface area contributed by atoms with Crippen LogP contribution in [-0.4, -0.2) is 10.2 Å². The van der Waals surface area contributed by atoms with Gasteiger partial charge in [0.2, 0.25) is 0 Å². The summed E-state index contributed by atoms with van der Waals surface area (Å²) in [4.78, 5) is 0. The first-order valence-electron chi connectivity index (χ1n) is 3.43. The Morgan fingerprint density at radius 2 is 1.67 bits per heavy atom. The van der Waals surface area contributed by atoms with Gasteiger partial charge < -0.3 is 0 Å². The highest BCUT2D eigenvalue weighted by molar-refractivity contribution is 6.08. The topological polar surface area (TPSA) is 0 Å². The van der Waals surface area contributed by atoms with E-state index >= 15 is 0 Å².